The molecule has 0 aliphatic heterocycles. The molecule has 0 bridgehead atoms. The van der Waals surface area contributed by atoms with Gasteiger partial charge in [0.1, 0.15) is 6.21 Å². The summed E-state index contributed by atoms with van der Waals surface area (Å²) in [6.07, 6.45) is 2.46. The maximum atomic E-state index is 8.16. The molecule has 0 amide bonds. The van der Waals surface area contributed by atoms with E-state index in [0.29, 0.717) is 0 Å². The first kappa shape index (κ1) is 6.81. The molecule has 0 heterocycles. The second kappa shape index (κ2) is 3.01. The minimum absolute atomic E-state index is 0.824. The van der Waals surface area contributed by atoms with Crippen LogP contribution in [0.1, 0.15) is 11.1 Å². The highest BCUT2D eigenvalue weighted by molar-refractivity contribution is 5.80. The molecule has 0 aliphatic rings. The number of hydrogen-bond donors (Lipinski definition) is 1. The van der Waals surface area contributed by atoms with Crippen molar-refractivity contribution in [3.8, 4) is 0 Å². The molecule has 2 nitrogen and oxygen atoms in total. The Bertz CT molecular complexity index is 243. The summed E-state index contributed by atoms with van der Waals surface area (Å²) < 4.78 is 0. The summed E-state index contributed by atoms with van der Waals surface area (Å²) >= 11 is 0. The Balaban J connectivity index is 3.03. The number of aryl methyl sites for hydroxylation is 1. The van der Waals surface area contributed by atoms with Crippen LogP contribution in [0.2, 0.25) is 0 Å². The molecule has 0 spiro atoms. The zero-order chi connectivity index (χ0) is 7.40. The average molecular weight is 134 g/mol. The third-order valence-corrected chi connectivity index (χ3v) is 1.32. The molecule has 1 rings (SSSR count). The van der Waals surface area contributed by atoms with E-state index in [1.165, 1.54) is 0 Å². The van der Waals surface area contributed by atoms with Gasteiger partial charge in [0.25, 0.3) is 0 Å². The molecule has 0 unspecified atom stereocenters. The fraction of sp³-hybridized carbons (Fsp3) is 0.125. The smallest absolute Gasteiger partial charge is 0.139 e. The van der Waals surface area contributed by atoms with E-state index in [0.717, 1.165) is 11.1 Å². The second-order valence-electron chi connectivity index (χ2n) is 2.03. The SMILES string of the molecule is Cc1ccccc1[C]=NO. The van der Waals surface area contributed by atoms with Gasteiger partial charge in [0.05, 0.1) is 0 Å². The van der Waals surface area contributed by atoms with Crippen LogP contribution in [0.5, 0.6) is 0 Å². The molecule has 0 aliphatic carbocycles. The average Bonchev–Trinajstić information content (AvgIpc) is 1.94. The van der Waals surface area contributed by atoms with E-state index in [2.05, 4.69) is 11.4 Å². The van der Waals surface area contributed by atoms with Crippen LogP contribution < -0.4 is 0 Å². The van der Waals surface area contributed by atoms with E-state index in [1.807, 2.05) is 31.2 Å². The monoisotopic (exact) mass is 134 g/mol. The summed E-state index contributed by atoms with van der Waals surface area (Å²) in [5.41, 5.74) is 1.88. The van der Waals surface area contributed by atoms with Crippen molar-refractivity contribution in [2.75, 3.05) is 0 Å². The number of rotatable bonds is 1. The van der Waals surface area contributed by atoms with Gasteiger partial charge in [-0.3, -0.25) is 0 Å². The highest BCUT2D eigenvalue weighted by Gasteiger charge is 1.90. The van der Waals surface area contributed by atoms with Crippen molar-refractivity contribution in [3.63, 3.8) is 0 Å². The largest absolute Gasteiger partial charge is 0.410 e. The van der Waals surface area contributed by atoms with Crippen molar-refractivity contribution in [1.29, 1.82) is 0 Å². The summed E-state index contributed by atoms with van der Waals surface area (Å²) in [4.78, 5) is 0. The van der Waals surface area contributed by atoms with Crippen molar-refractivity contribution in [1.82, 2.24) is 0 Å². The summed E-state index contributed by atoms with van der Waals surface area (Å²) in [6, 6.07) is 7.58. The normalized spacial score (nSPS) is 10.5. The fourth-order valence-electron chi connectivity index (χ4n) is 0.752. The van der Waals surface area contributed by atoms with Gasteiger partial charge in [0.15, 0.2) is 0 Å². The highest BCUT2D eigenvalue weighted by Crippen LogP contribution is 2.02. The Labute approximate surface area is 59.8 Å². The van der Waals surface area contributed by atoms with Crippen LogP contribution in [0.4, 0.5) is 0 Å². The predicted molar refractivity (Wildman–Crippen MR) is 39.5 cm³/mol. The Morgan fingerprint density at radius 2 is 2.10 bits per heavy atom. The molecule has 0 atom stereocenters. The van der Waals surface area contributed by atoms with E-state index in [4.69, 9.17) is 5.21 Å². The van der Waals surface area contributed by atoms with Gasteiger partial charge in [0, 0.05) is 5.56 Å². The molecule has 1 aromatic carbocycles. The first-order chi connectivity index (χ1) is 4.84. The maximum Gasteiger partial charge on any atom is 0.139 e. The molecule has 0 fully saturated rings. The van der Waals surface area contributed by atoms with E-state index in [9.17, 15) is 0 Å². The molecule has 1 N–H and O–H groups in total. The fourth-order valence-corrected chi connectivity index (χ4v) is 0.752. The zero-order valence-electron chi connectivity index (χ0n) is 5.70. The number of hydrogen-bond acceptors (Lipinski definition) is 2. The first-order valence-electron chi connectivity index (χ1n) is 3.00. The van der Waals surface area contributed by atoms with E-state index in [-0.39, 0.29) is 0 Å². The van der Waals surface area contributed by atoms with Gasteiger partial charge in [-0.05, 0) is 12.5 Å². The Morgan fingerprint density at radius 3 is 2.70 bits per heavy atom. The number of benzene rings is 1. The van der Waals surface area contributed by atoms with Crippen molar-refractivity contribution in [2.24, 2.45) is 5.16 Å². The van der Waals surface area contributed by atoms with Crippen LogP contribution in [0.3, 0.4) is 0 Å². The Hall–Kier alpha value is -1.31. The van der Waals surface area contributed by atoms with Crippen LogP contribution in [-0.4, -0.2) is 11.4 Å². The van der Waals surface area contributed by atoms with Gasteiger partial charge in [0.2, 0.25) is 0 Å². The lowest BCUT2D eigenvalue weighted by Crippen LogP contribution is -1.84. The zero-order valence-corrected chi connectivity index (χ0v) is 5.70. The summed E-state index contributed by atoms with van der Waals surface area (Å²) in [7, 11) is 0. The van der Waals surface area contributed by atoms with Crippen LogP contribution >= 0.6 is 0 Å². The van der Waals surface area contributed by atoms with E-state index >= 15 is 0 Å². The van der Waals surface area contributed by atoms with Gasteiger partial charge in [-0.2, -0.15) is 0 Å². The van der Waals surface area contributed by atoms with Gasteiger partial charge in [-0.25, -0.2) is 0 Å². The van der Waals surface area contributed by atoms with Crippen LogP contribution in [0, 0.1) is 6.92 Å². The van der Waals surface area contributed by atoms with Crippen molar-refractivity contribution < 1.29 is 5.21 Å². The van der Waals surface area contributed by atoms with Gasteiger partial charge in [-0.15, -0.1) is 0 Å². The van der Waals surface area contributed by atoms with Gasteiger partial charge >= 0.3 is 0 Å². The Morgan fingerprint density at radius 1 is 1.40 bits per heavy atom. The molecule has 1 aromatic rings. The van der Waals surface area contributed by atoms with Crippen LogP contribution in [0.25, 0.3) is 0 Å². The van der Waals surface area contributed by atoms with E-state index < -0.39 is 0 Å². The van der Waals surface area contributed by atoms with Crippen LogP contribution in [-0.2, 0) is 0 Å². The third kappa shape index (κ3) is 1.35. The quantitative estimate of drug-likeness (QED) is 0.354. The highest BCUT2D eigenvalue weighted by atomic mass is 16.4. The molecule has 1 radical (unpaired) electrons. The van der Waals surface area contributed by atoms with Crippen LogP contribution in [0.15, 0.2) is 29.4 Å². The predicted octanol–water partition coefficient (Wildman–Crippen LogP) is 1.68. The van der Waals surface area contributed by atoms with E-state index in [1.54, 1.807) is 0 Å². The molecule has 51 valence electrons. The second-order valence-corrected chi connectivity index (χ2v) is 2.03. The molecule has 2 heteroatoms. The summed E-state index contributed by atoms with van der Waals surface area (Å²) in [5.74, 6) is 0. The van der Waals surface area contributed by atoms with Crippen molar-refractivity contribution >= 4 is 6.21 Å². The first-order valence-corrected chi connectivity index (χ1v) is 3.00. The summed E-state index contributed by atoms with van der Waals surface area (Å²) in [5, 5.41) is 11.0. The third-order valence-electron chi connectivity index (χ3n) is 1.32. The lowest BCUT2D eigenvalue weighted by atomic mass is 10.1. The molecule has 10 heavy (non-hydrogen) atoms. The number of nitrogens with zero attached hydrogens (tertiary/aromatic N) is 1. The molecule has 0 saturated heterocycles. The molecular formula is C8H8NO. The van der Waals surface area contributed by atoms with Gasteiger partial charge in [-0.1, -0.05) is 29.4 Å². The summed E-state index contributed by atoms with van der Waals surface area (Å²) in [6.45, 7) is 1.94. The Kier molecular flexibility index (Phi) is 2.05. The minimum atomic E-state index is 0.824. The lowest BCUT2D eigenvalue weighted by Gasteiger charge is -1.93. The standard InChI is InChI=1S/C8H8NO/c1-7-4-2-3-5-8(7)6-9-10/h2-5,10H,1H3. The van der Waals surface area contributed by atoms with Gasteiger partial charge < -0.3 is 5.21 Å². The molecule has 0 aromatic heterocycles. The maximum absolute atomic E-state index is 8.16. The van der Waals surface area contributed by atoms with Crippen molar-refractivity contribution in [2.45, 2.75) is 6.92 Å². The van der Waals surface area contributed by atoms with Crippen molar-refractivity contribution in [3.05, 3.63) is 35.4 Å². The minimum Gasteiger partial charge on any atom is -0.410 e. The molecule has 0 saturated carbocycles. The topological polar surface area (TPSA) is 32.6 Å². The lowest BCUT2D eigenvalue weighted by molar-refractivity contribution is 0.322. The molecular weight excluding hydrogens is 126 g/mol.